The summed E-state index contributed by atoms with van der Waals surface area (Å²) < 4.78 is 0. The van der Waals surface area contributed by atoms with Gasteiger partial charge >= 0.3 is 0 Å². The number of hydrogen-bond donors (Lipinski definition) is 1. The number of carbonyl (C=O) groups is 2. The van der Waals surface area contributed by atoms with Gasteiger partial charge in [0.1, 0.15) is 5.15 Å². The molecule has 6 heteroatoms. The van der Waals surface area contributed by atoms with E-state index in [9.17, 15) is 9.59 Å². The van der Waals surface area contributed by atoms with Crippen LogP contribution in [0.5, 0.6) is 0 Å². The fraction of sp³-hybridized carbons (Fsp3) is 0.533. The van der Waals surface area contributed by atoms with Crippen LogP contribution in [0.25, 0.3) is 0 Å². The summed E-state index contributed by atoms with van der Waals surface area (Å²) in [5.74, 6) is -0.208. The number of amides is 2. The Balaban J connectivity index is 2.97. The Bertz CT molecular complexity index is 518. The smallest absolute Gasteiger partial charge is 0.254 e. The molecular formula is C15H22ClN3O2. The molecule has 1 N–H and O–H groups in total. The average Bonchev–Trinajstić information content (AvgIpc) is 2.43. The lowest BCUT2D eigenvalue weighted by atomic mass is 10.1. The van der Waals surface area contributed by atoms with Crippen LogP contribution in [0.1, 0.15) is 49.7 Å². The van der Waals surface area contributed by atoms with E-state index in [1.807, 2.05) is 27.7 Å². The number of nitrogens with zero attached hydrogens (tertiary/aromatic N) is 2. The van der Waals surface area contributed by atoms with Crippen molar-refractivity contribution in [1.29, 1.82) is 0 Å². The molecule has 0 aliphatic heterocycles. The van der Waals surface area contributed by atoms with E-state index in [4.69, 9.17) is 11.6 Å². The summed E-state index contributed by atoms with van der Waals surface area (Å²) in [6.45, 7) is 8.69. The summed E-state index contributed by atoms with van der Waals surface area (Å²) in [7, 11) is 0. The molecule has 0 radical (unpaired) electrons. The highest BCUT2D eigenvalue weighted by Crippen LogP contribution is 2.18. The first-order valence-corrected chi connectivity index (χ1v) is 7.50. The van der Waals surface area contributed by atoms with Crippen molar-refractivity contribution in [3.63, 3.8) is 0 Å². The molecule has 0 saturated heterocycles. The van der Waals surface area contributed by atoms with Gasteiger partial charge in [-0.05, 0) is 31.9 Å². The van der Waals surface area contributed by atoms with E-state index in [-0.39, 0.29) is 24.3 Å². The first-order chi connectivity index (χ1) is 9.88. The van der Waals surface area contributed by atoms with Crippen molar-refractivity contribution in [2.45, 2.75) is 33.6 Å². The molecule has 0 aliphatic carbocycles. The summed E-state index contributed by atoms with van der Waals surface area (Å²) in [6.07, 6.45) is 0. The first kappa shape index (κ1) is 17.4. The number of rotatable bonds is 6. The third-order valence-electron chi connectivity index (χ3n) is 3.03. The van der Waals surface area contributed by atoms with E-state index < -0.39 is 0 Å². The molecule has 0 bridgehead atoms. The van der Waals surface area contributed by atoms with Crippen molar-refractivity contribution in [2.24, 2.45) is 0 Å². The minimum atomic E-state index is -0.213. The van der Waals surface area contributed by atoms with Crippen molar-refractivity contribution in [1.82, 2.24) is 15.2 Å². The van der Waals surface area contributed by atoms with Crippen LogP contribution in [0, 0.1) is 0 Å². The van der Waals surface area contributed by atoms with E-state index in [1.165, 1.54) is 11.0 Å². The largest absolute Gasteiger partial charge is 0.355 e. The fourth-order valence-electron chi connectivity index (χ4n) is 1.87. The van der Waals surface area contributed by atoms with Gasteiger partial charge in [0.15, 0.2) is 0 Å². The van der Waals surface area contributed by atoms with E-state index in [2.05, 4.69) is 10.3 Å². The van der Waals surface area contributed by atoms with Crippen LogP contribution >= 0.6 is 11.6 Å². The highest BCUT2D eigenvalue weighted by Gasteiger charge is 2.19. The topological polar surface area (TPSA) is 62.3 Å². The van der Waals surface area contributed by atoms with Gasteiger partial charge in [-0.2, -0.15) is 0 Å². The maximum Gasteiger partial charge on any atom is 0.254 e. The van der Waals surface area contributed by atoms with Crippen LogP contribution < -0.4 is 5.32 Å². The Morgan fingerprint density at radius 1 is 1.33 bits per heavy atom. The second-order valence-electron chi connectivity index (χ2n) is 5.03. The summed E-state index contributed by atoms with van der Waals surface area (Å²) in [5.41, 5.74) is 1.23. The molecule has 1 aromatic rings. The number of aromatic nitrogens is 1. The number of halogens is 1. The number of likely N-dealkylation sites (N-methyl/N-ethyl adjacent to an activating group) is 2. The summed E-state index contributed by atoms with van der Waals surface area (Å²) >= 11 is 5.98. The number of carbonyl (C=O) groups excluding carboxylic acids is 2. The molecule has 0 fully saturated rings. The molecule has 21 heavy (non-hydrogen) atoms. The van der Waals surface area contributed by atoms with Crippen molar-refractivity contribution in [3.05, 3.63) is 28.5 Å². The van der Waals surface area contributed by atoms with E-state index in [1.54, 1.807) is 6.07 Å². The summed E-state index contributed by atoms with van der Waals surface area (Å²) in [5, 5.41) is 2.98. The predicted octanol–water partition coefficient (Wildman–Crippen LogP) is 2.46. The quantitative estimate of drug-likeness (QED) is 0.821. The van der Waals surface area contributed by atoms with Gasteiger partial charge < -0.3 is 10.2 Å². The zero-order valence-corrected chi connectivity index (χ0v) is 13.7. The van der Waals surface area contributed by atoms with Crippen molar-refractivity contribution in [2.75, 3.05) is 19.6 Å². The molecule has 0 unspecified atom stereocenters. The summed E-state index contributed by atoms with van der Waals surface area (Å²) in [6, 6.07) is 3.27. The van der Waals surface area contributed by atoms with Gasteiger partial charge in [-0.1, -0.05) is 25.4 Å². The lowest BCUT2D eigenvalue weighted by Gasteiger charge is -2.21. The maximum atomic E-state index is 12.5. The molecule has 5 nitrogen and oxygen atoms in total. The van der Waals surface area contributed by atoms with Gasteiger partial charge in [0.25, 0.3) is 5.91 Å². The van der Waals surface area contributed by atoms with Crippen LogP contribution in [-0.2, 0) is 4.79 Å². The Kier molecular flexibility index (Phi) is 6.62. The molecule has 1 rings (SSSR count). The molecule has 1 heterocycles. The van der Waals surface area contributed by atoms with Crippen LogP contribution in [-0.4, -0.2) is 41.3 Å². The van der Waals surface area contributed by atoms with Gasteiger partial charge in [-0.25, -0.2) is 4.98 Å². The molecule has 0 atom stereocenters. The minimum Gasteiger partial charge on any atom is -0.355 e. The van der Waals surface area contributed by atoms with Crippen molar-refractivity contribution >= 4 is 23.4 Å². The highest BCUT2D eigenvalue weighted by atomic mass is 35.5. The van der Waals surface area contributed by atoms with Crippen molar-refractivity contribution < 1.29 is 9.59 Å². The molecule has 0 spiro atoms. The molecule has 0 aliphatic rings. The average molecular weight is 312 g/mol. The molecule has 0 aromatic carbocycles. The van der Waals surface area contributed by atoms with Crippen LogP contribution in [0.4, 0.5) is 0 Å². The Hall–Kier alpha value is -1.62. The minimum absolute atomic E-state index is 0.0418. The number of hydrogen-bond acceptors (Lipinski definition) is 3. The van der Waals surface area contributed by atoms with E-state index >= 15 is 0 Å². The molecular weight excluding hydrogens is 290 g/mol. The van der Waals surface area contributed by atoms with Gasteiger partial charge in [-0.3, -0.25) is 9.59 Å². The normalized spacial score (nSPS) is 10.6. The van der Waals surface area contributed by atoms with Gasteiger partial charge in [0.2, 0.25) is 5.91 Å². The van der Waals surface area contributed by atoms with Gasteiger partial charge in [0.05, 0.1) is 6.54 Å². The maximum absolute atomic E-state index is 12.5. The van der Waals surface area contributed by atoms with Crippen LogP contribution in [0.3, 0.4) is 0 Å². The second-order valence-corrected chi connectivity index (χ2v) is 5.42. The van der Waals surface area contributed by atoms with E-state index in [0.717, 1.165) is 5.69 Å². The summed E-state index contributed by atoms with van der Waals surface area (Å²) in [4.78, 5) is 29.8. The standard InChI is InChI=1S/C15H22ClN3O2/c1-5-17-14(20)9-19(6-2)15(21)11-7-12(10(3)4)18-13(16)8-11/h7-8,10H,5-6,9H2,1-4H3,(H,17,20). The second kappa shape index (κ2) is 7.98. The van der Waals surface area contributed by atoms with Gasteiger partial charge in [0, 0.05) is 24.3 Å². The molecule has 0 saturated carbocycles. The molecule has 116 valence electrons. The SMILES string of the molecule is CCNC(=O)CN(CC)C(=O)c1cc(Cl)nc(C(C)C)c1. The van der Waals surface area contributed by atoms with E-state index in [0.29, 0.717) is 23.8 Å². The van der Waals surface area contributed by atoms with Crippen LogP contribution in [0.2, 0.25) is 5.15 Å². The third kappa shape index (κ3) is 5.01. The molecule has 1 aromatic heterocycles. The Labute approximate surface area is 130 Å². The zero-order chi connectivity index (χ0) is 16.0. The lowest BCUT2D eigenvalue weighted by Crippen LogP contribution is -2.40. The van der Waals surface area contributed by atoms with Gasteiger partial charge in [-0.15, -0.1) is 0 Å². The fourth-order valence-corrected chi connectivity index (χ4v) is 2.09. The van der Waals surface area contributed by atoms with Crippen LogP contribution in [0.15, 0.2) is 12.1 Å². The number of nitrogens with one attached hydrogen (secondary N) is 1. The first-order valence-electron chi connectivity index (χ1n) is 7.12. The highest BCUT2D eigenvalue weighted by molar-refractivity contribution is 6.29. The zero-order valence-electron chi connectivity index (χ0n) is 12.9. The Morgan fingerprint density at radius 2 is 2.00 bits per heavy atom. The third-order valence-corrected chi connectivity index (χ3v) is 3.22. The predicted molar refractivity (Wildman–Crippen MR) is 83.6 cm³/mol. The number of pyridine rings is 1. The van der Waals surface area contributed by atoms with Crippen molar-refractivity contribution in [3.8, 4) is 0 Å². The Morgan fingerprint density at radius 3 is 2.52 bits per heavy atom. The monoisotopic (exact) mass is 311 g/mol. The molecule has 2 amide bonds. The lowest BCUT2D eigenvalue weighted by molar-refractivity contribution is -0.121.